The first-order chi connectivity index (χ1) is 12.4. The number of amides is 1. The van der Waals surface area contributed by atoms with E-state index in [1.54, 1.807) is 18.2 Å². The minimum atomic E-state index is -0.374. The normalized spacial score (nSPS) is 10.3. The molecule has 130 valence electrons. The van der Waals surface area contributed by atoms with Gasteiger partial charge in [0.1, 0.15) is 6.07 Å². The number of benzene rings is 2. The second-order valence-electron chi connectivity index (χ2n) is 5.47. The Kier molecular flexibility index (Phi) is 4.65. The van der Waals surface area contributed by atoms with E-state index in [9.17, 15) is 20.3 Å². The highest BCUT2D eigenvalue weighted by molar-refractivity contribution is 9.10. The van der Waals surface area contributed by atoms with Gasteiger partial charge in [0, 0.05) is 29.0 Å². The molecule has 0 saturated carbocycles. The Bertz CT molecular complexity index is 1060. The van der Waals surface area contributed by atoms with Crippen molar-refractivity contribution in [2.45, 2.75) is 6.92 Å². The van der Waals surface area contributed by atoms with Gasteiger partial charge in [-0.15, -0.1) is 0 Å². The number of hydrogen-bond acceptors (Lipinski definition) is 6. The van der Waals surface area contributed by atoms with Crippen LogP contribution in [0.3, 0.4) is 0 Å². The van der Waals surface area contributed by atoms with Crippen molar-refractivity contribution in [2.75, 3.05) is 10.4 Å². The monoisotopic (exact) mass is 412 g/mol. The zero-order valence-electron chi connectivity index (χ0n) is 13.6. The molecule has 1 aromatic heterocycles. The third kappa shape index (κ3) is 3.25. The maximum Gasteiger partial charge on any atom is 0.242 e. The summed E-state index contributed by atoms with van der Waals surface area (Å²) in [6, 6.07) is 11.7. The number of nitrogens with one attached hydrogen (secondary N) is 1. The Hall–Kier alpha value is -3.31. The number of pyridine rings is 1. The van der Waals surface area contributed by atoms with Crippen molar-refractivity contribution < 1.29 is 15.0 Å². The average molecular weight is 413 g/mol. The molecule has 0 aliphatic carbocycles. The molecule has 0 unspecified atom stereocenters. The van der Waals surface area contributed by atoms with Gasteiger partial charge in [0.25, 0.3) is 0 Å². The van der Waals surface area contributed by atoms with E-state index in [1.807, 2.05) is 12.1 Å². The van der Waals surface area contributed by atoms with Gasteiger partial charge in [0.2, 0.25) is 5.91 Å². The van der Waals surface area contributed by atoms with Gasteiger partial charge in [-0.2, -0.15) is 5.26 Å². The average Bonchev–Trinajstić information content (AvgIpc) is 2.60. The van der Waals surface area contributed by atoms with Crippen LogP contribution in [0.25, 0.3) is 10.9 Å². The predicted molar refractivity (Wildman–Crippen MR) is 101 cm³/mol. The number of anilines is 2. The fourth-order valence-electron chi connectivity index (χ4n) is 2.50. The lowest BCUT2D eigenvalue weighted by atomic mass is 10.1. The summed E-state index contributed by atoms with van der Waals surface area (Å²) in [4.78, 5) is 16.4. The Balaban J connectivity index is 2.23. The molecule has 3 aromatic rings. The van der Waals surface area contributed by atoms with Gasteiger partial charge in [-0.05, 0) is 24.3 Å². The van der Waals surface area contributed by atoms with Crippen molar-refractivity contribution in [3.8, 4) is 17.6 Å². The second-order valence-corrected chi connectivity index (χ2v) is 6.38. The van der Waals surface area contributed by atoms with Crippen LogP contribution in [0.4, 0.5) is 11.4 Å². The zero-order chi connectivity index (χ0) is 18.8. The van der Waals surface area contributed by atoms with Gasteiger partial charge in [-0.1, -0.05) is 22.0 Å². The third-order valence-electron chi connectivity index (χ3n) is 3.66. The molecule has 1 heterocycles. The van der Waals surface area contributed by atoms with Crippen LogP contribution in [0.15, 0.2) is 47.1 Å². The quantitative estimate of drug-likeness (QED) is 0.447. The highest BCUT2D eigenvalue weighted by Crippen LogP contribution is 2.36. The number of carbonyl (C=O) groups excluding carboxylic acids is 1. The first kappa shape index (κ1) is 17.5. The van der Waals surface area contributed by atoms with E-state index in [4.69, 9.17) is 0 Å². The van der Waals surface area contributed by atoms with Crippen LogP contribution in [0.1, 0.15) is 12.5 Å². The topological polar surface area (TPSA) is 109 Å². The molecule has 0 spiro atoms. The van der Waals surface area contributed by atoms with E-state index in [-0.39, 0.29) is 28.7 Å². The van der Waals surface area contributed by atoms with Crippen LogP contribution in [0, 0.1) is 11.3 Å². The van der Waals surface area contributed by atoms with E-state index in [0.717, 1.165) is 4.47 Å². The minimum Gasteiger partial charge on any atom is -0.504 e. The van der Waals surface area contributed by atoms with Crippen molar-refractivity contribution in [2.24, 2.45) is 0 Å². The minimum absolute atomic E-state index is 0.139. The fourth-order valence-corrected chi connectivity index (χ4v) is 2.90. The van der Waals surface area contributed by atoms with Crippen molar-refractivity contribution >= 4 is 44.1 Å². The zero-order valence-corrected chi connectivity index (χ0v) is 15.1. The molecule has 0 atom stereocenters. The fraction of sp³-hybridized carbons (Fsp3) is 0.0556. The number of aromatic nitrogens is 1. The predicted octanol–water partition coefficient (Wildman–Crippen LogP) is 3.66. The summed E-state index contributed by atoms with van der Waals surface area (Å²) in [5.74, 6) is -1.09. The summed E-state index contributed by atoms with van der Waals surface area (Å²) in [6.45, 7) is 1.35. The van der Waals surface area contributed by atoms with Crippen molar-refractivity contribution in [3.63, 3.8) is 0 Å². The number of nitrogens with zero attached hydrogens (tertiary/aromatic N) is 3. The lowest BCUT2D eigenvalue weighted by Crippen LogP contribution is -2.35. The number of rotatable bonds is 3. The van der Waals surface area contributed by atoms with E-state index in [1.165, 1.54) is 30.3 Å². The SMILES string of the molecule is CC(=O)N(Nc1cccc(Br)c1)c1c(C#N)cnc2cc(O)c(O)cc12. The lowest BCUT2D eigenvalue weighted by Gasteiger charge is -2.25. The number of halogens is 1. The maximum atomic E-state index is 12.3. The molecule has 7 nitrogen and oxygen atoms in total. The first-order valence-electron chi connectivity index (χ1n) is 7.48. The smallest absolute Gasteiger partial charge is 0.242 e. The van der Waals surface area contributed by atoms with E-state index >= 15 is 0 Å². The second kappa shape index (κ2) is 6.90. The van der Waals surface area contributed by atoms with Gasteiger partial charge in [0.05, 0.1) is 22.5 Å². The number of carbonyl (C=O) groups is 1. The van der Waals surface area contributed by atoms with Gasteiger partial charge in [-0.25, -0.2) is 5.01 Å². The molecular weight excluding hydrogens is 400 g/mol. The maximum absolute atomic E-state index is 12.3. The number of nitriles is 1. The molecule has 0 aliphatic rings. The van der Waals surface area contributed by atoms with E-state index < -0.39 is 0 Å². The van der Waals surface area contributed by atoms with Gasteiger partial charge in [0.15, 0.2) is 11.5 Å². The molecule has 2 aromatic carbocycles. The molecule has 0 saturated heterocycles. The highest BCUT2D eigenvalue weighted by Gasteiger charge is 2.21. The van der Waals surface area contributed by atoms with Crippen LogP contribution in [-0.4, -0.2) is 21.1 Å². The largest absolute Gasteiger partial charge is 0.504 e. The molecule has 0 bridgehead atoms. The summed E-state index contributed by atoms with van der Waals surface area (Å²) in [5.41, 5.74) is 4.29. The molecule has 1 amide bonds. The molecule has 8 heteroatoms. The number of hydrogen-bond donors (Lipinski definition) is 3. The number of aromatic hydroxyl groups is 2. The van der Waals surface area contributed by atoms with Crippen LogP contribution in [0.5, 0.6) is 11.5 Å². The number of phenolic OH excluding ortho intramolecular Hbond substituents is 2. The number of fused-ring (bicyclic) bond motifs is 1. The van der Waals surface area contributed by atoms with Gasteiger partial charge >= 0.3 is 0 Å². The summed E-state index contributed by atoms with van der Waals surface area (Å²) >= 11 is 3.36. The lowest BCUT2D eigenvalue weighted by molar-refractivity contribution is -0.116. The summed E-state index contributed by atoms with van der Waals surface area (Å²) in [6.07, 6.45) is 1.31. The third-order valence-corrected chi connectivity index (χ3v) is 4.15. The van der Waals surface area contributed by atoms with E-state index in [0.29, 0.717) is 16.6 Å². The Morgan fingerprint density at radius 3 is 2.65 bits per heavy atom. The molecular formula is C18H13BrN4O3. The first-order valence-corrected chi connectivity index (χ1v) is 8.27. The molecule has 3 rings (SSSR count). The van der Waals surface area contributed by atoms with Crippen LogP contribution in [-0.2, 0) is 4.79 Å². The number of hydrazine groups is 1. The van der Waals surface area contributed by atoms with Crippen molar-refractivity contribution in [1.29, 1.82) is 5.26 Å². The van der Waals surface area contributed by atoms with Crippen LogP contribution >= 0.6 is 15.9 Å². The Morgan fingerprint density at radius 2 is 2.00 bits per heavy atom. The summed E-state index contributed by atoms with van der Waals surface area (Å²) < 4.78 is 0.814. The van der Waals surface area contributed by atoms with Crippen LogP contribution < -0.4 is 10.4 Å². The van der Waals surface area contributed by atoms with Crippen molar-refractivity contribution in [1.82, 2.24) is 4.98 Å². The molecule has 0 radical (unpaired) electrons. The van der Waals surface area contributed by atoms with Crippen LogP contribution in [0.2, 0.25) is 0 Å². The summed E-state index contributed by atoms with van der Waals surface area (Å²) in [5, 5.41) is 30.6. The molecule has 0 fully saturated rings. The Labute approximate surface area is 157 Å². The molecule has 3 N–H and O–H groups in total. The number of phenols is 2. The van der Waals surface area contributed by atoms with E-state index in [2.05, 4.69) is 26.3 Å². The highest BCUT2D eigenvalue weighted by atomic mass is 79.9. The van der Waals surface area contributed by atoms with Crippen molar-refractivity contribution in [3.05, 3.63) is 52.6 Å². The molecule has 26 heavy (non-hydrogen) atoms. The summed E-state index contributed by atoms with van der Waals surface area (Å²) in [7, 11) is 0. The Morgan fingerprint density at radius 1 is 1.27 bits per heavy atom. The molecule has 0 aliphatic heterocycles. The van der Waals surface area contributed by atoms with Gasteiger partial charge < -0.3 is 10.2 Å². The standard InChI is InChI=1S/C18H13BrN4O3/c1-10(24)23(22-13-4-2-3-12(19)5-13)18-11(8-20)9-21-15-7-17(26)16(25)6-14(15)18/h2-7,9,22,25-26H,1H3. The van der Waals surface area contributed by atoms with Gasteiger partial charge in [-0.3, -0.25) is 15.2 Å².